The van der Waals surface area contributed by atoms with Crippen molar-refractivity contribution in [1.82, 2.24) is 20.2 Å². The third-order valence-corrected chi connectivity index (χ3v) is 2.90. The number of carbonyl (C=O) groups excluding carboxylic acids is 1. The molecule has 0 saturated carbocycles. The number of nitrogens with one attached hydrogen (secondary N) is 2. The average Bonchev–Trinajstić information content (AvgIpc) is 2.83. The van der Waals surface area contributed by atoms with Crippen molar-refractivity contribution in [3.63, 3.8) is 0 Å². The van der Waals surface area contributed by atoms with Gasteiger partial charge in [0.05, 0.1) is 5.75 Å². The zero-order chi connectivity index (χ0) is 11.9. The molecule has 0 aromatic carbocycles. The topological polar surface area (TPSA) is 83.6 Å². The van der Waals surface area contributed by atoms with Crippen LogP contribution in [0, 0.1) is 0 Å². The number of H-pyrrole nitrogens is 1. The highest BCUT2D eigenvalue weighted by atomic mass is 32.2. The Morgan fingerprint density at radius 3 is 3.18 bits per heavy atom. The average molecular weight is 249 g/mol. The largest absolute Gasteiger partial charge is 0.294 e. The number of pyridine rings is 1. The number of hydrogen-bond donors (Lipinski definition) is 2. The van der Waals surface area contributed by atoms with E-state index < -0.39 is 0 Å². The highest BCUT2D eigenvalue weighted by Gasteiger charge is 2.04. The molecular weight excluding hydrogens is 238 g/mol. The normalized spacial score (nSPS) is 10.1. The number of rotatable bonds is 5. The number of anilines is 1. The molecule has 17 heavy (non-hydrogen) atoms. The number of amides is 1. The van der Waals surface area contributed by atoms with Gasteiger partial charge in [0.15, 0.2) is 0 Å². The third kappa shape index (κ3) is 3.87. The molecule has 7 heteroatoms. The molecule has 2 N–H and O–H groups in total. The van der Waals surface area contributed by atoms with Crippen LogP contribution in [0.3, 0.4) is 0 Å². The second-order valence-electron chi connectivity index (χ2n) is 3.24. The quantitative estimate of drug-likeness (QED) is 0.828. The first-order chi connectivity index (χ1) is 8.34. The van der Waals surface area contributed by atoms with Crippen LogP contribution in [-0.4, -0.2) is 31.8 Å². The molecule has 88 valence electrons. The van der Waals surface area contributed by atoms with Crippen molar-refractivity contribution in [1.29, 1.82) is 0 Å². The first kappa shape index (κ1) is 11.6. The van der Waals surface area contributed by atoms with Gasteiger partial charge < -0.3 is 0 Å². The van der Waals surface area contributed by atoms with Crippen LogP contribution in [0.1, 0.15) is 5.56 Å². The molecule has 0 radical (unpaired) electrons. The summed E-state index contributed by atoms with van der Waals surface area (Å²) in [5.41, 5.74) is 1.10. The smallest absolute Gasteiger partial charge is 0.236 e. The lowest BCUT2D eigenvalue weighted by Crippen LogP contribution is -2.15. The standard InChI is InChI=1S/C10H11N5OS/c16-9(14-10-12-7-13-15-10)6-17-5-8-2-1-3-11-4-8/h1-4,7H,5-6H2,(H2,12,13,14,15,16). The van der Waals surface area contributed by atoms with E-state index in [4.69, 9.17) is 0 Å². The van der Waals surface area contributed by atoms with Gasteiger partial charge in [0.25, 0.3) is 0 Å². The summed E-state index contributed by atoms with van der Waals surface area (Å²) in [6.07, 6.45) is 4.87. The molecule has 0 aliphatic heterocycles. The number of hydrogen-bond acceptors (Lipinski definition) is 5. The lowest BCUT2D eigenvalue weighted by atomic mass is 10.3. The molecule has 2 aromatic rings. The molecule has 0 aliphatic rings. The minimum Gasteiger partial charge on any atom is -0.294 e. The highest BCUT2D eigenvalue weighted by molar-refractivity contribution is 7.99. The van der Waals surface area contributed by atoms with Gasteiger partial charge >= 0.3 is 0 Å². The van der Waals surface area contributed by atoms with E-state index >= 15 is 0 Å². The predicted molar refractivity (Wildman–Crippen MR) is 65.4 cm³/mol. The van der Waals surface area contributed by atoms with E-state index in [-0.39, 0.29) is 5.91 Å². The van der Waals surface area contributed by atoms with E-state index in [1.54, 1.807) is 12.4 Å². The predicted octanol–water partition coefficient (Wildman–Crippen LogP) is 1.07. The summed E-state index contributed by atoms with van der Waals surface area (Å²) in [5.74, 6) is 1.40. The fraction of sp³-hybridized carbons (Fsp3) is 0.200. The van der Waals surface area contributed by atoms with E-state index in [0.29, 0.717) is 11.7 Å². The van der Waals surface area contributed by atoms with Crippen molar-refractivity contribution in [2.75, 3.05) is 11.1 Å². The maximum Gasteiger partial charge on any atom is 0.236 e. The van der Waals surface area contributed by atoms with Crippen molar-refractivity contribution >= 4 is 23.6 Å². The van der Waals surface area contributed by atoms with Gasteiger partial charge in [0, 0.05) is 18.1 Å². The summed E-state index contributed by atoms with van der Waals surface area (Å²) in [5, 5.41) is 8.80. The summed E-state index contributed by atoms with van der Waals surface area (Å²) >= 11 is 1.52. The monoisotopic (exact) mass is 249 g/mol. The van der Waals surface area contributed by atoms with E-state index in [9.17, 15) is 4.79 Å². The molecule has 0 unspecified atom stereocenters. The van der Waals surface area contributed by atoms with Gasteiger partial charge in [-0.3, -0.25) is 15.1 Å². The zero-order valence-corrected chi connectivity index (χ0v) is 9.78. The van der Waals surface area contributed by atoms with Gasteiger partial charge in [-0.1, -0.05) is 6.07 Å². The number of thioether (sulfide) groups is 1. The SMILES string of the molecule is O=C(CSCc1cccnc1)Nc1ncn[nH]1. The molecule has 6 nitrogen and oxygen atoms in total. The minimum absolute atomic E-state index is 0.101. The molecule has 0 spiro atoms. The van der Waals surface area contributed by atoms with Crippen LogP contribution >= 0.6 is 11.8 Å². The fourth-order valence-electron chi connectivity index (χ4n) is 1.18. The molecule has 1 amide bonds. The summed E-state index contributed by atoms with van der Waals surface area (Å²) < 4.78 is 0. The minimum atomic E-state index is -0.101. The van der Waals surface area contributed by atoms with E-state index in [1.165, 1.54) is 18.1 Å². The van der Waals surface area contributed by atoms with Crippen LogP contribution < -0.4 is 5.32 Å². The highest BCUT2D eigenvalue weighted by Crippen LogP contribution is 2.10. The summed E-state index contributed by atoms with van der Waals surface area (Å²) in [7, 11) is 0. The van der Waals surface area contributed by atoms with Crippen LogP contribution in [0.2, 0.25) is 0 Å². The zero-order valence-electron chi connectivity index (χ0n) is 8.96. The number of nitrogens with zero attached hydrogens (tertiary/aromatic N) is 3. The summed E-state index contributed by atoms with van der Waals surface area (Å²) in [6.45, 7) is 0. The van der Waals surface area contributed by atoms with E-state index in [2.05, 4.69) is 25.5 Å². The molecular formula is C10H11N5OS. The number of aromatic nitrogens is 4. The number of carbonyl (C=O) groups is 1. The number of aromatic amines is 1. The molecule has 0 saturated heterocycles. The Kier molecular flexibility index (Phi) is 4.09. The van der Waals surface area contributed by atoms with Gasteiger partial charge in [-0.2, -0.15) is 10.1 Å². The Bertz CT molecular complexity index is 459. The van der Waals surface area contributed by atoms with Crippen LogP contribution in [-0.2, 0) is 10.5 Å². The molecule has 2 rings (SSSR count). The second-order valence-corrected chi connectivity index (χ2v) is 4.22. The third-order valence-electron chi connectivity index (χ3n) is 1.90. The Balaban J connectivity index is 1.70. The maximum atomic E-state index is 11.5. The Morgan fingerprint density at radius 1 is 1.53 bits per heavy atom. The fourth-order valence-corrected chi connectivity index (χ4v) is 1.95. The first-order valence-corrected chi connectivity index (χ1v) is 6.12. The van der Waals surface area contributed by atoms with E-state index in [1.807, 2.05) is 12.1 Å². The van der Waals surface area contributed by atoms with Crippen molar-refractivity contribution in [3.05, 3.63) is 36.4 Å². The Labute approximate surface area is 102 Å². The van der Waals surface area contributed by atoms with Crippen LogP contribution in [0.4, 0.5) is 5.95 Å². The lowest BCUT2D eigenvalue weighted by Gasteiger charge is -2.01. The Morgan fingerprint density at radius 2 is 2.47 bits per heavy atom. The molecule has 0 atom stereocenters. The second kappa shape index (κ2) is 6.00. The molecule has 0 bridgehead atoms. The van der Waals surface area contributed by atoms with Crippen molar-refractivity contribution in [3.8, 4) is 0 Å². The summed E-state index contributed by atoms with van der Waals surface area (Å²) in [6, 6.07) is 3.86. The van der Waals surface area contributed by atoms with Crippen molar-refractivity contribution in [2.24, 2.45) is 0 Å². The first-order valence-electron chi connectivity index (χ1n) is 4.96. The van der Waals surface area contributed by atoms with Crippen LogP contribution in [0.15, 0.2) is 30.9 Å². The molecule has 0 aliphatic carbocycles. The van der Waals surface area contributed by atoms with Gasteiger partial charge in [-0.15, -0.1) is 11.8 Å². The van der Waals surface area contributed by atoms with Crippen molar-refractivity contribution in [2.45, 2.75) is 5.75 Å². The lowest BCUT2D eigenvalue weighted by molar-refractivity contribution is -0.113. The van der Waals surface area contributed by atoms with Gasteiger partial charge in [0.1, 0.15) is 6.33 Å². The van der Waals surface area contributed by atoms with E-state index in [0.717, 1.165) is 11.3 Å². The molecule has 0 fully saturated rings. The van der Waals surface area contributed by atoms with Crippen LogP contribution in [0.25, 0.3) is 0 Å². The van der Waals surface area contributed by atoms with Crippen LogP contribution in [0.5, 0.6) is 0 Å². The summed E-state index contributed by atoms with van der Waals surface area (Å²) in [4.78, 5) is 19.3. The maximum absolute atomic E-state index is 11.5. The Hall–Kier alpha value is -1.89. The molecule has 2 heterocycles. The van der Waals surface area contributed by atoms with Crippen molar-refractivity contribution < 1.29 is 4.79 Å². The van der Waals surface area contributed by atoms with Gasteiger partial charge in [-0.05, 0) is 11.6 Å². The molecule has 2 aromatic heterocycles. The van der Waals surface area contributed by atoms with Gasteiger partial charge in [-0.25, -0.2) is 5.10 Å². The van der Waals surface area contributed by atoms with Gasteiger partial charge in [0.2, 0.25) is 11.9 Å².